The second-order valence-corrected chi connectivity index (χ2v) is 14.9. The molecule has 0 aliphatic carbocycles. The van der Waals surface area contributed by atoms with Gasteiger partial charge in [0.25, 0.3) is 0 Å². The van der Waals surface area contributed by atoms with Crippen LogP contribution in [0.2, 0.25) is 10.0 Å². The van der Waals surface area contributed by atoms with Crippen LogP contribution in [-0.4, -0.2) is 58.8 Å². The molecule has 1 amide bonds. The molecule has 1 spiro atoms. The van der Waals surface area contributed by atoms with Crippen molar-refractivity contribution in [2.75, 3.05) is 26.3 Å². The second-order valence-electron chi connectivity index (χ2n) is 14.1. The van der Waals surface area contributed by atoms with Crippen LogP contribution in [0.1, 0.15) is 78.2 Å². The lowest BCUT2D eigenvalue weighted by atomic mass is 9.73. The van der Waals surface area contributed by atoms with Crippen LogP contribution in [0.4, 0.5) is 0 Å². The van der Waals surface area contributed by atoms with Gasteiger partial charge in [-0.15, -0.1) is 0 Å². The highest BCUT2D eigenvalue weighted by Crippen LogP contribution is 2.39. The molecule has 0 unspecified atom stereocenters. The molecule has 4 aromatic rings. The first-order valence-electron chi connectivity index (χ1n) is 17.7. The zero-order chi connectivity index (χ0) is 35.4. The van der Waals surface area contributed by atoms with Crippen molar-refractivity contribution < 1.29 is 24.2 Å². The van der Waals surface area contributed by atoms with Crippen LogP contribution in [0.5, 0.6) is 11.5 Å². The summed E-state index contributed by atoms with van der Waals surface area (Å²) in [5.74, 6) is 0.779. The number of hydrogen-bond acceptors (Lipinski definition) is 5. The van der Waals surface area contributed by atoms with E-state index >= 15 is 0 Å². The van der Waals surface area contributed by atoms with Gasteiger partial charge in [0.2, 0.25) is 5.91 Å². The molecule has 1 atom stereocenters. The van der Waals surface area contributed by atoms with Crippen LogP contribution in [0.25, 0.3) is 10.9 Å². The van der Waals surface area contributed by atoms with Crippen LogP contribution in [0.15, 0.2) is 54.6 Å². The number of hydrogen-bond donors (Lipinski definition) is 2. The molecule has 1 aromatic heterocycles. The van der Waals surface area contributed by atoms with Crippen molar-refractivity contribution in [3.05, 3.63) is 92.6 Å². The minimum atomic E-state index is -0.970. The van der Waals surface area contributed by atoms with Crippen LogP contribution < -0.4 is 14.8 Å². The van der Waals surface area contributed by atoms with E-state index in [4.69, 9.17) is 32.7 Å². The van der Waals surface area contributed by atoms with E-state index < -0.39 is 11.4 Å². The molecule has 2 aliphatic rings. The SMILES string of the molecule is Cc1cc(OCCCn2c(C(=O)O)c(CN3CCC4(CCCCc5ccccc5OC[C@H](C)NC4=O)CC3)c3ccc(Cl)cc32)cc(C)c1Cl. The Hall–Kier alpha value is -3.72. The summed E-state index contributed by atoms with van der Waals surface area (Å²) in [5, 5.41) is 16.0. The molecular formula is C40H47Cl2N3O5. The maximum Gasteiger partial charge on any atom is 0.352 e. The molecule has 266 valence electrons. The first-order valence-corrected chi connectivity index (χ1v) is 18.5. The number of rotatable bonds is 8. The molecule has 1 fully saturated rings. The highest BCUT2D eigenvalue weighted by molar-refractivity contribution is 6.32. The molecule has 2 aliphatic heterocycles. The van der Waals surface area contributed by atoms with Gasteiger partial charge < -0.3 is 24.5 Å². The zero-order valence-corrected chi connectivity index (χ0v) is 30.7. The third-order valence-corrected chi connectivity index (χ3v) is 11.2. The summed E-state index contributed by atoms with van der Waals surface area (Å²) < 4.78 is 14.0. The lowest BCUT2D eigenvalue weighted by molar-refractivity contribution is -0.135. The second kappa shape index (κ2) is 15.7. The number of carbonyl (C=O) groups is 2. The number of benzene rings is 3. The van der Waals surface area contributed by atoms with Gasteiger partial charge in [-0.25, -0.2) is 4.79 Å². The average molecular weight is 721 g/mol. The standard InChI is InChI=1S/C40H47Cl2N3O5/c1-26-21-31(22-27(2)36(26)42)49-20-8-17-45-34-23-30(41)12-13-32(34)33(37(45)38(46)47)24-44-18-15-40(16-19-44)14-7-6-10-29-9-4-5-11-35(29)50-25-28(3)43-39(40)48/h4-5,9,11-13,21-23,28H,6-8,10,14-20,24-25H2,1-3H3,(H,43,48)(H,46,47)/t28-/m0/s1. The Kier molecular flexibility index (Phi) is 11.3. The maximum absolute atomic E-state index is 13.9. The van der Waals surface area contributed by atoms with Gasteiger partial charge in [-0.05, 0) is 119 Å². The molecule has 2 N–H and O–H groups in total. The van der Waals surface area contributed by atoms with Crippen LogP contribution >= 0.6 is 23.2 Å². The number of para-hydroxylation sites is 1. The Balaban J connectivity index is 1.16. The minimum absolute atomic E-state index is 0.103. The first-order chi connectivity index (χ1) is 24.0. The smallest absolute Gasteiger partial charge is 0.352 e. The third kappa shape index (κ3) is 7.93. The van der Waals surface area contributed by atoms with Gasteiger partial charge in [0.15, 0.2) is 0 Å². The number of carbonyl (C=O) groups excluding carboxylic acids is 1. The number of nitrogens with one attached hydrogen (secondary N) is 1. The first kappa shape index (κ1) is 36.1. The fraction of sp³-hybridized carbons (Fsp3) is 0.450. The Labute approximate surface area is 304 Å². The highest BCUT2D eigenvalue weighted by Gasteiger charge is 2.41. The summed E-state index contributed by atoms with van der Waals surface area (Å²) in [4.78, 5) is 29.0. The van der Waals surface area contributed by atoms with Crippen molar-refractivity contribution in [3.63, 3.8) is 0 Å². The van der Waals surface area contributed by atoms with E-state index in [1.165, 1.54) is 5.56 Å². The van der Waals surface area contributed by atoms with Gasteiger partial charge in [-0.2, -0.15) is 0 Å². The van der Waals surface area contributed by atoms with Gasteiger partial charge in [0.05, 0.1) is 23.6 Å². The topological polar surface area (TPSA) is 93.0 Å². The van der Waals surface area contributed by atoms with Crippen molar-refractivity contribution in [1.82, 2.24) is 14.8 Å². The normalized spacial score (nSPS) is 18.5. The van der Waals surface area contributed by atoms with Crippen molar-refractivity contribution in [3.8, 4) is 11.5 Å². The summed E-state index contributed by atoms with van der Waals surface area (Å²) in [6.45, 7) is 9.08. The number of likely N-dealkylation sites (tertiary alicyclic amines) is 1. The Morgan fingerprint density at radius 1 is 1.04 bits per heavy atom. The van der Waals surface area contributed by atoms with Crippen molar-refractivity contribution in [1.29, 1.82) is 0 Å². The van der Waals surface area contributed by atoms with Crippen molar-refractivity contribution in [2.24, 2.45) is 5.41 Å². The van der Waals surface area contributed by atoms with Gasteiger partial charge in [0, 0.05) is 34.1 Å². The van der Waals surface area contributed by atoms with Gasteiger partial charge >= 0.3 is 5.97 Å². The van der Waals surface area contributed by atoms with E-state index in [0.717, 1.165) is 82.6 Å². The van der Waals surface area contributed by atoms with Gasteiger partial charge in [0.1, 0.15) is 23.8 Å². The number of piperidine rings is 1. The van der Waals surface area contributed by atoms with E-state index in [1.807, 2.05) is 67.8 Å². The minimum Gasteiger partial charge on any atom is -0.494 e. The number of carboxylic acids is 1. The fourth-order valence-electron chi connectivity index (χ4n) is 7.65. The van der Waals surface area contributed by atoms with Crippen molar-refractivity contribution >= 4 is 46.0 Å². The molecular weight excluding hydrogens is 673 g/mol. The number of aryl methyl sites for hydroxylation is 4. The van der Waals surface area contributed by atoms with Crippen LogP contribution in [-0.2, 0) is 24.3 Å². The van der Waals surface area contributed by atoms with E-state index in [0.29, 0.717) is 50.8 Å². The molecule has 0 bridgehead atoms. The largest absolute Gasteiger partial charge is 0.494 e. The summed E-state index contributed by atoms with van der Waals surface area (Å²) >= 11 is 12.8. The maximum atomic E-state index is 13.9. The third-order valence-electron chi connectivity index (χ3n) is 10.4. The number of fused-ring (bicyclic) bond motifs is 2. The fourth-order valence-corrected chi connectivity index (χ4v) is 7.93. The lowest BCUT2D eigenvalue weighted by Gasteiger charge is -2.41. The molecule has 3 heterocycles. The molecule has 10 heteroatoms. The number of carboxylic acid groups (broad SMARTS) is 1. The number of amides is 1. The number of nitrogens with zero attached hydrogens (tertiary/aromatic N) is 2. The Morgan fingerprint density at radius 3 is 2.52 bits per heavy atom. The summed E-state index contributed by atoms with van der Waals surface area (Å²) in [7, 11) is 0. The highest BCUT2D eigenvalue weighted by atomic mass is 35.5. The molecule has 0 radical (unpaired) electrons. The zero-order valence-electron chi connectivity index (χ0n) is 29.2. The monoisotopic (exact) mass is 719 g/mol. The number of ether oxygens (including phenoxy) is 2. The predicted molar refractivity (Wildman–Crippen MR) is 199 cm³/mol. The molecule has 3 aromatic carbocycles. The van der Waals surface area contributed by atoms with Crippen molar-refractivity contribution in [2.45, 2.75) is 84.8 Å². The Morgan fingerprint density at radius 2 is 1.78 bits per heavy atom. The van der Waals surface area contributed by atoms with E-state index in [1.54, 1.807) is 0 Å². The number of aromatic carboxylic acids is 1. The van der Waals surface area contributed by atoms with Gasteiger partial charge in [-0.1, -0.05) is 53.9 Å². The van der Waals surface area contributed by atoms with E-state index in [9.17, 15) is 14.7 Å². The van der Waals surface area contributed by atoms with Crippen LogP contribution in [0.3, 0.4) is 0 Å². The molecule has 6 rings (SSSR count). The Bertz CT molecular complexity index is 1840. The molecule has 8 nitrogen and oxygen atoms in total. The number of aromatic nitrogens is 1. The van der Waals surface area contributed by atoms with E-state index in [2.05, 4.69) is 22.3 Å². The average Bonchev–Trinajstić information content (AvgIpc) is 3.39. The summed E-state index contributed by atoms with van der Waals surface area (Å²) in [6.07, 6.45) is 5.74. The predicted octanol–water partition coefficient (Wildman–Crippen LogP) is 8.62. The molecule has 0 saturated carbocycles. The summed E-state index contributed by atoms with van der Waals surface area (Å²) in [6, 6.07) is 17.5. The quantitative estimate of drug-likeness (QED) is 0.177. The molecule has 1 saturated heterocycles. The molecule has 50 heavy (non-hydrogen) atoms. The van der Waals surface area contributed by atoms with Crippen LogP contribution in [0, 0.1) is 19.3 Å². The lowest BCUT2D eigenvalue weighted by Crippen LogP contribution is -2.51. The van der Waals surface area contributed by atoms with Gasteiger partial charge in [-0.3, -0.25) is 9.69 Å². The number of halogens is 2. The van der Waals surface area contributed by atoms with E-state index in [-0.39, 0.29) is 17.6 Å². The summed E-state index contributed by atoms with van der Waals surface area (Å²) in [5.41, 5.74) is 4.52.